The molecule has 162 valence electrons. The van der Waals surface area contributed by atoms with Crippen molar-refractivity contribution in [2.24, 2.45) is 0 Å². The van der Waals surface area contributed by atoms with Crippen LogP contribution in [0.25, 0.3) is 11.3 Å². The number of nitrogens with one attached hydrogen (secondary N) is 1. The van der Waals surface area contributed by atoms with Gasteiger partial charge >= 0.3 is 0 Å². The van der Waals surface area contributed by atoms with Gasteiger partial charge in [-0.2, -0.15) is 0 Å². The quantitative estimate of drug-likeness (QED) is 0.515. The highest BCUT2D eigenvalue weighted by Crippen LogP contribution is 2.42. The number of nitrogens with zero attached hydrogens (tertiary/aromatic N) is 5. The minimum atomic E-state index is -0.292. The zero-order valence-corrected chi connectivity index (χ0v) is 19.2. The summed E-state index contributed by atoms with van der Waals surface area (Å²) in [7, 11) is 0. The molecule has 5 rings (SSSR count). The fourth-order valence-corrected chi connectivity index (χ4v) is 5.44. The number of aromatic nitrogens is 4. The summed E-state index contributed by atoms with van der Waals surface area (Å²) in [5.74, 6) is 0.911. The molecule has 1 saturated carbocycles. The molecule has 2 aromatic heterocycles. The van der Waals surface area contributed by atoms with E-state index >= 15 is 0 Å². The molecule has 3 aromatic rings. The van der Waals surface area contributed by atoms with Crippen LogP contribution in [-0.2, 0) is 4.79 Å². The van der Waals surface area contributed by atoms with E-state index in [9.17, 15) is 4.79 Å². The van der Waals surface area contributed by atoms with Crippen molar-refractivity contribution in [3.05, 3.63) is 35.7 Å². The maximum absolute atomic E-state index is 12.8. The van der Waals surface area contributed by atoms with Gasteiger partial charge in [0.05, 0.1) is 10.9 Å². The van der Waals surface area contributed by atoms with E-state index in [2.05, 4.69) is 30.0 Å². The fraction of sp³-hybridized carbons (Fsp3) is 0.455. The molecular formula is C22H26N6OS2. The molecule has 1 amide bonds. The van der Waals surface area contributed by atoms with E-state index in [-0.39, 0.29) is 11.2 Å². The molecule has 31 heavy (non-hydrogen) atoms. The molecule has 1 aliphatic heterocycles. The number of rotatable bonds is 7. The third-order valence-corrected chi connectivity index (χ3v) is 7.47. The zero-order valence-electron chi connectivity index (χ0n) is 17.5. The van der Waals surface area contributed by atoms with Crippen LogP contribution in [-0.4, -0.2) is 44.0 Å². The van der Waals surface area contributed by atoms with Crippen molar-refractivity contribution in [3.8, 4) is 11.3 Å². The first-order valence-electron chi connectivity index (χ1n) is 10.9. The van der Waals surface area contributed by atoms with Gasteiger partial charge in [-0.15, -0.1) is 21.5 Å². The number of carbonyl (C=O) groups excluding carboxylic acids is 1. The number of anilines is 2. The summed E-state index contributed by atoms with van der Waals surface area (Å²) in [4.78, 5) is 19.8. The fourth-order valence-electron chi connectivity index (χ4n) is 3.80. The molecule has 1 saturated heterocycles. The Morgan fingerprint density at radius 3 is 2.68 bits per heavy atom. The first kappa shape index (κ1) is 20.5. The van der Waals surface area contributed by atoms with E-state index in [0.717, 1.165) is 48.3 Å². The van der Waals surface area contributed by atoms with Gasteiger partial charge in [0, 0.05) is 30.1 Å². The molecule has 2 aliphatic rings. The number of thioether (sulfide) groups is 1. The van der Waals surface area contributed by atoms with E-state index in [4.69, 9.17) is 0 Å². The molecule has 0 radical (unpaired) electrons. The number of thiazole rings is 1. The minimum Gasteiger partial charge on any atom is -0.341 e. The molecule has 2 fully saturated rings. The van der Waals surface area contributed by atoms with Gasteiger partial charge in [0.1, 0.15) is 0 Å². The molecule has 9 heteroatoms. The van der Waals surface area contributed by atoms with Gasteiger partial charge in [0.2, 0.25) is 11.9 Å². The van der Waals surface area contributed by atoms with Gasteiger partial charge in [0.15, 0.2) is 10.3 Å². The smallest absolute Gasteiger partial charge is 0.239 e. The van der Waals surface area contributed by atoms with Gasteiger partial charge in [-0.25, -0.2) is 4.98 Å². The largest absolute Gasteiger partial charge is 0.341 e. The van der Waals surface area contributed by atoms with Crippen LogP contribution in [0.1, 0.15) is 45.1 Å². The summed E-state index contributed by atoms with van der Waals surface area (Å²) < 4.78 is 2.26. The number of piperidine rings is 1. The normalized spacial score (nSPS) is 17.5. The third kappa shape index (κ3) is 4.62. The number of amides is 1. The number of carbonyl (C=O) groups is 1. The number of benzene rings is 1. The van der Waals surface area contributed by atoms with Crippen molar-refractivity contribution in [1.29, 1.82) is 0 Å². The van der Waals surface area contributed by atoms with E-state index in [0.29, 0.717) is 11.2 Å². The molecule has 1 aromatic carbocycles. The van der Waals surface area contributed by atoms with Crippen molar-refractivity contribution < 1.29 is 4.79 Å². The molecule has 1 aliphatic carbocycles. The standard InChI is InChI=1S/C22H26N6OS2/c1-15(19(29)24-20-23-18(14-30-20)16-8-4-2-5-9-16)31-22-26-25-21(28(22)17-10-11-17)27-12-6-3-7-13-27/h2,4-5,8-9,14-15,17H,3,6-7,10-13H2,1H3,(H,23,24,29). The lowest BCUT2D eigenvalue weighted by molar-refractivity contribution is -0.115. The highest BCUT2D eigenvalue weighted by molar-refractivity contribution is 8.00. The first-order valence-corrected chi connectivity index (χ1v) is 12.6. The Hall–Kier alpha value is -2.39. The van der Waals surface area contributed by atoms with Gasteiger partial charge in [-0.1, -0.05) is 42.1 Å². The Morgan fingerprint density at radius 2 is 1.94 bits per heavy atom. The van der Waals surface area contributed by atoms with Crippen molar-refractivity contribution in [3.63, 3.8) is 0 Å². The van der Waals surface area contributed by atoms with Crippen molar-refractivity contribution in [2.45, 2.75) is 55.5 Å². The monoisotopic (exact) mass is 454 g/mol. The lowest BCUT2D eigenvalue weighted by atomic mass is 10.1. The van der Waals surface area contributed by atoms with Crippen molar-refractivity contribution in [2.75, 3.05) is 23.3 Å². The molecule has 3 heterocycles. The molecule has 1 N–H and O–H groups in total. The zero-order chi connectivity index (χ0) is 21.2. The second-order valence-electron chi connectivity index (χ2n) is 8.08. The molecule has 1 atom stereocenters. The average molecular weight is 455 g/mol. The van der Waals surface area contributed by atoms with Crippen LogP contribution < -0.4 is 10.2 Å². The van der Waals surface area contributed by atoms with Crippen LogP contribution in [0.4, 0.5) is 11.1 Å². The summed E-state index contributed by atoms with van der Waals surface area (Å²) in [6.07, 6.45) is 6.02. The van der Waals surface area contributed by atoms with Crippen molar-refractivity contribution >= 4 is 40.1 Å². The van der Waals surface area contributed by atoms with Crippen LogP contribution in [0.2, 0.25) is 0 Å². The highest BCUT2D eigenvalue weighted by Gasteiger charge is 2.33. The Kier molecular flexibility index (Phi) is 5.95. The van der Waals surface area contributed by atoms with Gasteiger partial charge in [0.25, 0.3) is 0 Å². The summed E-state index contributed by atoms with van der Waals surface area (Å²) in [6.45, 7) is 4.00. The Bertz CT molecular complexity index is 1040. The van der Waals surface area contributed by atoms with Crippen LogP contribution in [0.3, 0.4) is 0 Å². The number of hydrogen-bond acceptors (Lipinski definition) is 7. The van der Waals surface area contributed by atoms with Gasteiger partial charge in [-0.3, -0.25) is 9.36 Å². The second kappa shape index (κ2) is 9.00. The third-order valence-electron chi connectivity index (χ3n) is 5.65. The lowest BCUT2D eigenvalue weighted by Gasteiger charge is -2.28. The Balaban J connectivity index is 1.26. The molecule has 0 bridgehead atoms. The topological polar surface area (TPSA) is 75.9 Å². The van der Waals surface area contributed by atoms with E-state index in [1.807, 2.05) is 42.6 Å². The Labute approximate surface area is 190 Å². The van der Waals surface area contributed by atoms with Crippen LogP contribution in [0.15, 0.2) is 40.9 Å². The average Bonchev–Trinajstić information content (AvgIpc) is 3.39. The van der Waals surface area contributed by atoms with Crippen LogP contribution in [0, 0.1) is 0 Å². The maximum atomic E-state index is 12.8. The summed E-state index contributed by atoms with van der Waals surface area (Å²) in [5.41, 5.74) is 1.92. The maximum Gasteiger partial charge on any atom is 0.239 e. The molecule has 7 nitrogen and oxygen atoms in total. The van der Waals surface area contributed by atoms with Crippen LogP contribution in [0.5, 0.6) is 0 Å². The van der Waals surface area contributed by atoms with E-state index in [1.54, 1.807) is 0 Å². The molecular weight excluding hydrogens is 428 g/mol. The predicted octanol–water partition coefficient (Wildman–Crippen LogP) is 4.85. The van der Waals surface area contributed by atoms with Crippen LogP contribution >= 0.6 is 23.1 Å². The first-order chi connectivity index (χ1) is 15.2. The van der Waals surface area contributed by atoms with Crippen molar-refractivity contribution in [1.82, 2.24) is 19.7 Å². The minimum absolute atomic E-state index is 0.0659. The van der Waals surface area contributed by atoms with Gasteiger partial charge in [-0.05, 0) is 39.0 Å². The highest BCUT2D eigenvalue weighted by atomic mass is 32.2. The van der Waals surface area contributed by atoms with Gasteiger partial charge < -0.3 is 10.2 Å². The number of hydrogen-bond donors (Lipinski definition) is 1. The van der Waals surface area contributed by atoms with E-state index in [1.165, 1.54) is 42.4 Å². The predicted molar refractivity (Wildman–Crippen MR) is 126 cm³/mol. The second-order valence-corrected chi connectivity index (χ2v) is 10.3. The molecule has 0 spiro atoms. The Morgan fingerprint density at radius 1 is 1.16 bits per heavy atom. The summed E-state index contributed by atoms with van der Waals surface area (Å²) in [6, 6.07) is 10.5. The van der Waals surface area contributed by atoms with E-state index < -0.39 is 0 Å². The lowest BCUT2D eigenvalue weighted by Crippen LogP contribution is -2.32. The molecule has 1 unspecified atom stereocenters. The summed E-state index contributed by atoms with van der Waals surface area (Å²) in [5, 5.41) is 15.1. The SMILES string of the molecule is CC(Sc1nnc(N2CCCCC2)n1C1CC1)C(=O)Nc1nc(-c2ccccc2)cs1. The summed E-state index contributed by atoms with van der Waals surface area (Å²) >= 11 is 2.93.